The maximum absolute atomic E-state index is 13.3. The lowest BCUT2D eigenvalue weighted by Gasteiger charge is -2.40. The molecule has 11 nitrogen and oxygen atoms in total. The second-order valence-corrected chi connectivity index (χ2v) is 9.64. The molecule has 5 rings (SSSR count). The summed E-state index contributed by atoms with van der Waals surface area (Å²) in [6.45, 7) is 1.94. The molecule has 39 heavy (non-hydrogen) atoms. The summed E-state index contributed by atoms with van der Waals surface area (Å²) in [6.07, 6.45) is 8.27. The van der Waals surface area contributed by atoms with Crippen molar-refractivity contribution in [2.45, 2.75) is 50.7 Å². The minimum atomic E-state index is -1.26. The van der Waals surface area contributed by atoms with E-state index in [0.717, 1.165) is 31.4 Å². The molecule has 0 spiro atoms. The Labute approximate surface area is 225 Å². The number of carbonyl (C=O) groups is 3. The summed E-state index contributed by atoms with van der Waals surface area (Å²) in [5, 5.41) is 18.2. The van der Waals surface area contributed by atoms with E-state index in [1.54, 1.807) is 17.8 Å². The maximum Gasteiger partial charge on any atom is 0.331 e. The number of rotatable bonds is 6. The molecule has 1 aromatic carbocycles. The Bertz CT molecular complexity index is 1420. The van der Waals surface area contributed by atoms with Gasteiger partial charge in [-0.05, 0) is 55.4 Å². The van der Waals surface area contributed by atoms with Crippen molar-refractivity contribution in [2.75, 3.05) is 20.1 Å². The van der Waals surface area contributed by atoms with Gasteiger partial charge < -0.3 is 15.5 Å². The van der Waals surface area contributed by atoms with Crippen LogP contribution in [0.25, 0.3) is 11.2 Å². The molecule has 206 valence electrons. The Morgan fingerprint density at radius 1 is 1.03 bits per heavy atom. The van der Waals surface area contributed by atoms with Gasteiger partial charge in [-0.3, -0.25) is 18.8 Å². The number of hydrogen-bond acceptors (Lipinski definition) is 6. The van der Waals surface area contributed by atoms with Gasteiger partial charge in [0.05, 0.1) is 5.52 Å². The van der Waals surface area contributed by atoms with Gasteiger partial charge in [-0.15, -0.1) is 0 Å². The van der Waals surface area contributed by atoms with Crippen molar-refractivity contribution in [3.05, 3.63) is 76.4 Å². The molecule has 1 fully saturated rings. The molecule has 1 aliphatic heterocycles. The van der Waals surface area contributed by atoms with Crippen molar-refractivity contribution in [3.8, 4) is 0 Å². The van der Waals surface area contributed by atoms with E-state index in [2.05, 4.69) is 39.5 Å². The quantitative estimate of drug-likeness (QED) is 0.408. The van der Waals surface area contributed by atoms with E-state index in [1.807, 2.05) is 16.7 Å². The van der Waals surface area contributed by atoms with Crippen LogP contribution in [0.1, 0.15) is 48.9 Å². The Kier molecular flexibility index (Phi) is 8.92. The van der Waals surface area contributed by atoms with E-state index in [0.29, 0.717) is 23.8 Å². The van der Waals surface area contributed by atoms with Crippen molar-refractivity contribution in [1.82, 2.24) is 24.3 Å². The Balaban J connectivity index is 0.000000386. The Morgan fingerprint density at radius 3 is 2.38 bits per heavy atom. The molecule has 0 unspecified atom stereocenters. The summed E-state index contributed by atoms with van der Waals surface area (Å²) in [4.78, 5) is 51.5. The number of benzene rings is 1. The molecule has 0 saturated carbocycles. The summed E-state index contributed by atoms with van der Waals surface area (Å²) in [6, 6.07) is 13.1. The first-order valence-electron chi connectivity index (χ1n) is 13.0. The van der Waals surface area contributed by atoms with Crippen LogP contribution >= 0.6 is 0 Å². The lowest BCUT2D eigenvalue weighted by atomic mass is 9.86. The van der Waals surface area contributed by atoms with Crippen LogP contribution in [-0.4, -0.2) is 67.2 Å². The summed E-state index contributed by atoms with van der Waals surface area (Å²) < 4.78 is 3.37. The largest absolute Gasteiger partial charge is 0.478 e. The second kappa shape index (κ2) is 12.5. The Morgan fingerprint density at radius 2 is 1.72 bits per heavy atom. The third-order valence-corrected chi connectivity index (χ3v) is 7.31. The van der Waals surface area contributed by atoms with E-state index < -0.39 is 11.9 Å². The van der Waals surface area contributed by atoms with Crippen molar-refractivity contribution in [1.29, 1.82) is 0 Å². The van der Waals surface area contributed by atoms with E-state index in [4.69, 9.17) is 10.2 Å². The SMILES string of the molecule is CNC(=O)Cn1c(=O)n(C2CCN([C@@H]3CCCc4ccccc43)CC2)c2ncccc21.O=C(O)C=CC(=O)O. The zero-order valence-corrected chi connectivity index (χ0v) is 21.8. The van der Waals surface area contributed by atoms with Crippen LogP contribution in [0.2, 0.25) is 0 Å². The molecule has 1 amide bonds. The van der Waals surface area contributed by atoms with Gasteiger partial charge in [0.1, 0.15) is 6.54 Å². The normalized spacial score (nSPS) is 17.8. The van der Waals surface area contributed by atoms with E-state index >= 15 is 0 Å². The van der Waals surface area contributed by atoms with Crippen molar-refractivity contribution in [3.63, 3.8) is 0 Å². The number of nitrogens with one attached hydrogen (secondary N) is 1. The molecule has 1 atom stereocenters. The number of piperidine rings is 1. The minimum Gasteiger partial charge on any atom is -0.478 e. The summed E-state index contributed by atoms with van der Waals surface area (Å²) in [5.74, 6) is -2.70. The zero-order valence-electron chi connectivity index (χ0n) is 21.8. The molecule has 1 saturated heterocycles. The number of imidazole rings is 1. The van der Waals surface area contributed by atoms with Crippen molar-refractivity contribution >= 4 is 29.0 Å². The number of likely N-dealkylation sites (tertiary alicyclic amines) is 1. The van der Waals surface area contributed by atoms with Gasteiger partial charge in [0.15, 0.2) is 5.65 Å². The number of hydrogen-bond donors (Lipinski definition) is 3. The van der Waals surface area contributed by atoms with Gasteiger partial charge in [-0.2, -0.15) is 0 Å². The first kappa shape index (κ1) is 27.8. The fourth-order valence-corrected chi connectivity index (χ4v) is 5.52. The standard InChI is InChI=1S/C24H29N5O2.C4H4O4/c1-25-22(30)16-28-21-10-5-13-26-23(21)29(24(28)31)18-11-14-27(15-12-18)20-9-4-7-17-6-2-3-8-19(17)20;5-3(6)1-2-4(7)8/h2-3,5-6,8,10,13,18,20H,4,7,9,11-12,14-16H2,1H3,(H,25,30);1-2H,(H,5,6)(H,7,8)/t20-;/m1./s1. The average molecular weight is 536 g/mol. The topological polar surface area (TPSA) is 147 Å². The first-order chi connectivity index (χ1) is 18.8. The van der Waals surface area contributed by atoms with Gasteiger partial charge in [-0.25, -0.2) is 19.4 Å². The molecule has 2 aromatic heterocycles. The predicted molar refractivity (Wildman–Crippen MR) is 144 cm³/mol. The van der Waals surface area contributed by atoms with E-state index in [1.165, 1.54) is 30.4 Å². The third kappa shape index (κ3) is 6.43. The number of fused-ring (bicyclic) bond motifs is 2. The molecular weight excluding hydrogens is 502 g/mol. The van der Waals surface area contributed by atoms with Crippen molar-refractivity contribution < 1.29 is 24.6 Å². The number of amides is 1. The Hall–Kier alpha value is -4.25. The number of pyridine rings is 1. The molecular formula is C28H33N5O6. The highest BCUT2D eigenvalue weighted by atomic mass is 16.4. The first-order valence-corrected chi connectivity index (χ1v) is 13.0. The number of nitrogens with zero attached hydrogens (tertiary/aromatic N) is 4. The fraction of sp³-hybridized carbons (Fsp3) is 0.393. The lowest BCUT2D eigenvalue weighted by molar-refractivity contribution is -0.134. The number of carbonyl (C=O) groups excluding carboxylic acids is 1. The number of aromatic nitrogens is 3. The molecule has 2 aliphatic rings. The van der Waals surface area contributed by atoms with Crippen LogP contribution in [0.15, 0.2) is 59.5 Å². The fourth-order valence-electron chi connectivity index (χ4n) is 5.52. The predicted octanol–water partition coefficient (Wildman–Crippen LogP) is 2.37. The highest BCUT2D eigenvalue weighted by molar-refractivity contribution is 5.89. The molecule has 11 heteroatoms. The zero-order chi connectivity index (χ0) is 27.9. The van der Waals surface area contributed by atoms with Gasteiger partial charge >= 0.3 is 17.6 Å². The maximum atomic E-state index is 13.3. The van der Waals surface area contributed by atoms with E-state index in [9.17, 15) is 19.2 Å². The van der Waals surface area contributed by atoms with Gasteiger partial charge in [0.2, 0.25) is 5.91 Å². The van der Waals surface area contributed by atoms with Crippen LogP contribution in [0.5, 0.6) is 0 Å². The number of likely N-dealkylation sites (N-methyl/N-ethyl adjacent to an activating group) is 1. The molecule has 3 heterocycles. The van der Waals surface area contributed by atoms with Gasteiger partial charge in [0.25, 0.3) is 0 Å². The molecule has 0 bridgehead atoms. The molecule has 3 N–H and O–H groups in total. The minimum absolute atomic E-state index is 0.0161. The number of carboxylic acids is 2. The highest BCUT2D eigenvalue weighted by Crippen LogP contribution is 2.37. The summed E-state index contributed by atoms with van der Waals surface area (Å²) in [5.41, 5.74) is 4.23. The van der Waals surface area contributed by atoms with Crippen LogP contribution in [-0.2, 0) is 27.3 Å². The summed E-state index contributed by atoms with van der Waals surface area (Å²) >= 11 is 0. The smallest absolute Gasteiger partial charge is 0.331 e. The third-order valence-electron chi connectivity index (χ3n) is 7.31. The average Bonchev–Trinajstić information content (AvgIpc) is 3.22. The number of carboxylic acid groups (broad SMARTS) is 2. The van der Waals surface area contributed by atoms with Crippen molar-refractivity contribution in [2.24, 2.45) is 0 Å². The van der Waals surface area contributed by atoms with Crippen LogP contribution < -0.4 is 11.0 Å². The van der Waals surface area contributed by atoms with Crippen LogP contribution in [0.3, 0.4) is 0 Å². The molecule has 3 aromatic rings. The van der Waals surface area contributed by atoms with Gasteiger partial charge in [0, 0.05) is 50.6 Å². The second-order valence-electron chi connectivity index (χ2n) is 9.64. The highest BCUT2D eigenvalue weighted by Gasteiger charge is 2.31. The monoisotopic (exact) mass is 535 g/mol. The van der Waals surface area contributed by atoms with Crippen LogP contribution in [0, 0.1) is 0 Å². The molecule has 0 radical (unpaired) electrons. The lowest BCUT2D eigenvalue weighted by Crippen LogP contribution is -2.41. The van der Waals surface area contributed by atoms with Crippen LogP contribution in [0.4, 0.5) is 0 Å². The molecule has 1 aliphatic carbocycles. The summed E-state index contributed by atoms with van der Waals surface area (Å²) in [7, 11) is 1.59. The number of aliphatic carboxylic acids is 2. The van der Waals surface area contributed by atoms with E-state index in [-0.39, 0.29) is 24.2 Å². The van der Waals surface area contributed by atoms with Gasteiger partial charge in [-0.1, -0.05) is 24.3 Å². The number of aryl methyl sites for hydroxylation is 1.